The van der Waals surface area contributed by atoms with Crippen LogP contribution in [0.25, 0.3) is 0 Å². The zero-order chi connectivity index (χ0) is 13.9. The molecule has 4 heteroatoms. The highest BCUT2D eigenvalue weighted by molar-refractivity contribution is 6.32. The van der Waals surface area contributed by atoms with Gasteiger partial charge in [0.15, 0.2) is 0 Å². The Bertz CT molecular complexity index is 355. The van der Waals surface area contributed by atoms with Gasteiger partial charge in [-0.15, -0.1) is 0 Å². The molecule has 104 valence electrons. The van der Waals surface area contributed by atoms with Gasteiger partial charge in [0.1, 0.15) is 0 Å². The lowest BCUT2D eigenvalue weighted by Gasteiger charge is -2.36. The number of hydrogen-bond donors (Lipinski definition) is 3. The second-order valence-electron chi connectivity index (χ2n) is 6.19. The van der Waals surface area contributed by atoms with Crippen LogP contribution in [0.4, 0.5) is 0 Å². The second kappa shape index (κ2) is 6.09. The third-order valence-electron chi connectivity index (χ3n) is 3.68. The van der Waals surface area contributed by atoms with Gasteiger partial charge < -0.3 is 15.9 Å². The molecule has 0 aromatic heterocycles. The van der Waals surface area contributed by atoms with Crippen molar-refractivity contribution in [1.82, 2.24) is 0 Å². The molecule has 0 heterocycles. The first-order valence-corrected chi connectivity index (χ1v) is 6.75. The van der Waals surface area contributed by atoms with E-state index in [0.29, 0.717) is 17.4 Å². The predicted octanol–water partition coefficient (Wildman–Crippen LogP) is 3.09. The molecule has 0 spiro atoms. The van der Waals surface area contributed by atoms with Gasteiger partial charge in [0, 0.05) is 16.6 Å². The third-order valence-corrected chi connectivity index (χ3v) is 4.19. The van der Waals surface area contributed by atoms with Gasteiger partial charge in [0.05, 0.1) is 12.9 Å². The molecule has 3 nitrogen and oxygen atoms in total. The first kappa shape index (κ1) is 15.5. The minimum Gasteiger partial charge on any atom is -0.515 e. The van der Waals surface area contributed by atoms with E-state index in [1.807, 2.05) is 0 Å². The Morgan fingerprint density at radius 3 is 2.50 bits per heavy atom. The number of nitrogens with two attached hydrogens (primary N) is 1. The Balaban J connectivity index is 2.97. The van der Waals surface area contributed by atoms with Gasteiger partial charge in [-0.3, -0.25) is 0 Å². The van der Waals surface area contributed by atoms with Crippen molar-refractivity contribution in [3.63, 3.8) is 0 Å². The lowest BCUT2D eigenvalue weighted by Crippen LogP contribution is -2.29. The van der Waals surface area contributed by atoms with Crippen molar-refractivity contribution in [1.29, 1.82) is 0 Å². The molecule has 0 radical (unpaired) electrons. The zero-order valence-corrected chi connectivity index (χ0v) is 12.2. The molecular weight excluding hydrogens is 250 g/mol. The summed E-state index contributed by atoms with van der Waals surface area (Å²) in [4.78, 5) is 0. The van der Waals surface area contributed by atoms with E-state index in [0.717, 1.165) is 30.2 Å². The molecule has 0 aromatic rings. The van der Waals surface area contributed by atoms with E-state index in [1.54, 1.807) is 0 Å². The summed E-state index contributed by atoms with van der Waals surface area (Å²) in [6.45, 7) is 6.52. The molecule has 1 aliphatic rings. The summed E-state index contributed by atoms with van der Waals surface area (Å²) in [5, 5.41) is 19.0. The molecule has 0 fully saturated rings. The first-order chi connectivity index (χ1) is 8.29. The highest BCUT2D eigenvalue weighted by atomic mass is 35.5. The van der Waals surface area contributed by atoms with Gasteiger partial charge in [-0.1, -0.05) is 32.4 Å². The summed E-state index contributed by atoms with van der Waals surface area (Å²) in [5.74, 6) is 0.430. The summed E-state index contributed by atoms with van der Waals surface area (Å²) < 4.78 is 0. The molecule has 0 bridgehead atoms. The molecule has 0 saturated carbocycles. The largest absolute Gasteiger partial charge is 0.515 e. The molecule has 1 rings (SSSR count). The van der Waals surface area contributed by atoms with E-state index in [1.165, 1.54) is 0 Å². The molecule has 1 aliphatic carbocycles. The number of aliphatic hydroxyl groups excluding tert-OH is 2. The third kappa shape index (κ3) is 3.74. The quantitative estimate of drug-likeness (QED) is 0.692. The van der Waals surface area contributed by atoms with Crippen molar-refractivity contribution in [3.8, 4) is 0 Å². The van der Waals surface area contributed by atoms with Crippen molar-refractivity contribution < 1.29 is 10.2 Å². The SMILES string of the molecule is CC(C)(C)C1CC(CC(N)CO)=C(Cl)/C(=C/O)C1. The van der Waals surface area contributed by atoms with E-state index < -0.39 is 0 Å². The maximum Gasteiger partial charge on any atom is 0.0838 e. The Morgan fingerprint density at radius 2 is 2.06 bits per heavy atom. The van der Waals surface area contributed by atoms with Gasteiger partial charge in [-0.25, -0.2) is 0 Å². The number of allylic oxidation sites excluding steroid dienone is 2. The Hall–Kier alpha value is -0.510. The number of aliphatic hydroxyl groups is 2. The van der Waals surface area contributed by atoms with E-state index >= 15 is 0 Å². The van der Waals surface area contributed by atoms with Crippen LogP contribution < -0.4 is 5.73 Å². The second-order valence-corrected chi connectivity index (χ2v) is 6.57. The number of hydrogen-bond acceptors (Lipinski definition) is 3. The molecular formula is C14H24ClNO2. The van der Waals surface area contributed by atoms with Crippen LogP contribution in [0, 0.1) is 11.3 Å². The van der Waals surface area contributed by atoms with Gasteiger partial charge >= 0.3 is 0 Å². The molecule has 0 saturated heterocycles. The predicted molar refractivity (Wildman–Crippen MR) is 75.4 cm³/mol. The van der Waals surface area contributed by atoms with Crippen LogP contribution in [0.1, 0.15) is 40.0 Å². The van der Waals surface area contributed by atoms with Gasteiger partial charge in [0.2, 0.25) is 0 Å². The molecule has 2 unspecified atom stereocenters. The average molecular weight is 274 g/mol. The zero-order valence-electron chi connectivity index (χ0n) is 11.4. The van der Waals surface area contributed by atoms with Crippen LogP contribution in [-0.4, -0.2) is 22.9 Å². The Morgan fingerprint density at radius 1 is 1.44 bits per heavy atom. The Kier molecular flexibility index (Phi) is 5.26. The van der Waals surface area contributed by atoms with Gasteiger partial charge in [-0.2, -0.15) is 0 Å². The highest BCUT2D eigenvalue weighted by Gasteiger charge is 2.32. The topological polar surface area (TPSA) is 66.5 Å². The Labute approximate surface area is 114 Å². The van der Waals surface area contributed by atoms with Crippen molar-refractivity contribution in [2.45, 2.75) is 46.1 Å². The van der Waals surface area contributed by atoms with Crippen LogP contribution >= 0.6 is 11.6 Å². The van der Waals surface area contributed by atoms with Crippen molar-refractivity contribution in [2.75, 3.05) is 6.61 Å². The van der Waals surface area contributed by atoms with E-state index in [9.17, 15) is 5.11 Å². The summed E-state index contributed by atoms with van der Waals surface area (Å²) in [6, 6.07) is -0.285. The van der Waals surface area contributed by atoms with Crippen LogP contribution in [0.5, 0.6) is 0 Å². The molecule has 2 atom stereocenters. The lowest BCUT2D eigenvalue weighted by molar-refractivity contribution is 0.223. The fourth-order valence-electron chi connectivity index (χ4n) is 2.32. The summed E-state index contributed by atoms with van der Waals surface area (Å²) in [7, 11) is 0. The molecule has 0 aliphatic heterocycles. The fourth-order valence-corrected chi connectivity index (χ4v) is 2.60. The summed E-state index contributed by atoms with van der Waals surface area (Å²) in [5.41, 5.74) is 7.76. The first-order valence-electron chi connectivity index (χ1n) is 6.37. The van der Waals surface area contributed by atoms with E-state index in [4.69, 9.17) is 22.4 Å². The molecule has 4 N–H and O–H groups in total. The minimum atomic E-state index is -0.285. The standard InChI is InChI=1S/C14H24ClNO2/c1-14(2,3)11-4-9(6-12(16)8-18)13(15)10(5-11)7-17/h7,11-12,17-18H,4-6,8,16H2,1-3H3/b10-7+. The van der Waals surface area contributed by atoms with Crippen LogP contribution in [0.3, 0.4) is 0 Å². The monoisotopic (exact) mass is 273 g/mol. The number of rotatable bonds is 3. The number of halogens is 1. The smallest absolute Gasteiger partial charge is 0.0838 e. The molecule has 18 heavy (non-hydrogen) atoms. The molecule has 0 amide bonds. The fraction of sp³-hybridized carbons (Fsp3) is 0.714. The average Bonchev–Trinajstić information content (AvgIpc) is 2.30. The van der Waals surface area contributed by atoms with E-state index in [2.05, 4.69) is 20.8 Å². The van der Waals surface area contributed by atoms with E-state index in [-0.39, 0.29) is 18.1 Å². The lowest BCUT2D eigenvalue weighted by atomic mass is 9.70. The van der Waals surface area contributed by atoms with Crippen molar-refractivity contribution in [2.24, 2.45) is 17.1 Å². The maximum absolute atomic E-state index is 9.29. The van der Waals surface area contributed by atoms with Gasteiger partial charge in [-0.05, 0) is 36.2 Å². The van der Waals surface area contributed by atoms with Crippen LogP contribution in [0.15, 0.2) is 22.4 Å². The maximum atomic E-state index is 9.29. The van der Waals surface area contributed by atoms with Crippen LogP contribution in [0.2, 0.25) is 0 Å². The summed E-state index contributed by atoms with van der Waals surface area (Å²) >= 11 is 6.28. The van der Waals surface area contributed by atoms with Crippen LogP contribution in [-0.2, 0) is 0 Å². The normalized spacial score (nSPS) is 25.7. The highest BCUT2D eigenvalue weighted by Crippen LogP contribution is 2.44. The summed E-state index contributed by atoms with van der Waals surface area (Å²) in [6.07, 6.45) is 3.36. The molecule has 0 aromatic carbocycles. The van der Waals surface area contributed by atoms with Crippen molar-refractivity contribution >= 4 is 11.6 Å². The van der Waals surface area contributed by atoms with Gasteiger partial charge in [0.25, 0.3) is 0 Å². The minimum absolute atomic E-state index is 0.0496. The van der Waals surface area contributed by atoms with Crippen molar-refractivity contribution in [3.05, 3.63) is 22.4 Å².